The summed E-state index contributed by atoms with van der Waals surface area (Å²) in [4.78, 5) is 1.57. The van der Waals surface area contributed by atoms with Crippen LogP contribution in [0.3, 0.4) is 0 Å². The molecule has 0 aliphatic carbocycles. The van der Waals surface area contributed by atoms with E-state index in [-0.39, 0.29) is 0 Å². The van der Waals surface area contributed by atoms with Crippen molar-refractivity contribution in [3.8, 4) is 0 Å². The summed E-state index contributed by atoms with van der Waals surface area (Å²) in [5.41, 5.74) is 1.33. The molecule has 0 radical (unpaired) electrons. The molecule has 0 bridgehead atoms. The Morgan fingerprint density at radius 3 is 1.43 bits per heavy atom. The van der Waals surface area contributed by atoms with Gasteiger partial charge in [-0.15, -0.1) is 0 Å². The van der Waals surface area contributed by atoms with Gasteiger partial charge in [0.1, 0.15) is 11.6 Å². The van der Waals surface area contributed by atoms with E-state index in [9.17, 15) is 8.78 Å². The Bertz CT molecular complexity index is 695. The van der Waals surface area contributed by atoms with Crippen molar-refractivity contribution in [2.75, 3.05) is 4.90 Å². The van der Waals surface area contributed by atoms with E-state index >= 15 is 0 Å². The first kappa shape index (κ1) is 13.3. The second-order valence-electron chi connectivity index (χ2n) is 4.57. The predicted octanol–water partition coefficient (Wildman–Crippen LogP) is 5.43. The van der Waals surface area contributed by atoms with E-state index in [0.29, 0.717) is 17.1 Å². The lowest BCUT2D eigenvalue weighted by Gasteiger charge is -2.25. The van der Waals surface area contributed by atoms with Gasteiger partial charge in [0, 0.05) is 5.69 Å². The molecule has 0 heterocycles. The summed E-state index contributed by atoms with van der Waals surface area (Å²) >= 11 is 0. The molecule has 3 aromatic rings. The van der Waals surface area contributed by atoms with Gasteiger partial charge in [-0.25, -0.2) is 8.78 Å². The van der Waals surface area contributed by atoms with Gasteiger partial charge >= 0.3 is 0 Å². The average Bonchev–Trinajstić information content (AvgIpc) is 2.52. The van der Waals surface area contributed by atoms with Crippen molar-refractivity contribution in [1.82, 2.24) is 0 Å². The molecule has 21 heavy (non-hydrogen) atoms. The van der Waals surface area contributed by atoms with E-state index in [1.54, 1.807) is 41.3 Å². The number of benzene rings is 3. The maximum absolute atomic E-state index is 14.2. The molecule has 0 amide bonds. The highest BCUT2D eigenvalue weighted by Gasteiger charge is 2.18. The van der Waals surface area contributed by atoms with Crippen LogP contribution in [0.5, 0.6) is 0 Å². The zero-order valence-electron chi connectivity index (χ0n) is 11.2. The largest absolute Gasteiger partial charge is 0.305 e. The number of hydrogen-bond acceptors (Lipinski definition) is 1. The quantitative estimate of drug-likeness (QED) is 0.618. The predicted molar refractivity (Wildman–Crippen MR) is 81.0 cm³/mol. The van der Waals surface area contributed by atoms with Crippen molar-refractivity contribution in [3.63, 3.8) is 0 Å². The molecule has 0 unspecified atom stereocenters. The van der Waals surface area contributed by atoms with E-state index in [1.165, 1.54) is 12.1 Å². The minimum absolute atomic E-state index is 0.314. The Kier molecular flexibility index (Phi) is 3.65. The number of nitrogens with zero attached hydrogens (tertiary/aromatic N) is 1. The zero-order valence-corrected chi connectivity index (χ0v) is 11.2. The molecule has 0 aromatic heterocycles. The first-order chi connectivity index (χ1) is 10.3. The molecule has 0 fully saturated rings. The van der Waals surface area contributed by atoms with Gasteiger partial charge < -0.3 is 4.90 Å². The molecule has 0 saturated carbocycles. The fourth-order valence-corrected chi connectivity index (χ4v) is 2.25. The molecule has 0 saturated heterocycles. The fraction of sp³-hybridized carbons (Fsp3) is 0. The fourth-order valence-electron chi connectivity index (χ4n) is 2.25. The summed E-state index contributed by atoms with van der Waals surface area (Å²) in [6.45, 7) is 0. The summed E-state index contributed by atoms with van der Waals surface area (Å²) in [6, 6.07) is 21.9. The maximum atomic E-state index is 14.2. The molecule has 0 aliphatic rings. The molecular weight excluding hydrogens is 268 g/mol. The van der Waals surface area contributed by atoms with Crippen LogP contribution in [0, 0.1) is 11.6 Å². The standard InChI is InChI=1S/C18H13F2N/c19-15-10-4-6-12-17(15)21(14-8-2-1-3-9-14)18-13-7-5-11-16(18)20/h1-13H. The van der Waals surface area contributed by atoms with Crippen molar-refractivity contribution >= 4 is 17.1 Å². The molecule has 3 rings (SSSR count). The van der Waals surface area contributed by atoms with Gasteiger partial charge in [-0.05, 0) is 36.4 Å². The third kappa shape index (κ3) is 2.63. The van der Waals surface area contributed by atoms with Crippen LogP contribution in [0.4, 0.5) is 25.8 Å². The van der Waals surface area contributed by atoms with Crippen molar-refractivity contribution < 1.29 is 8.78 Å². The van der Waals surface area contributed by atoms with E-state index in [4.69, 9.17) is 0 Å². The van der Waals surface area contributed by atoms with Crippen LogP contribution in [0.25, 0.3) is 0 Å². The SMILES string of the molecule is Fc1ccccc1N(c1ccccc1)c1ccccc1F. The molecule has 3 heteroatoms. The Morgan fingerprint density at radius 1 is 0.524 bits per heavy atom. The lowest BCUT2D eigenvalue weighted by Crippen LogP contribution is -2.12. The third-order valence-corrected chi connectivity index (χ3v) is 3.20. The summed E-state index contributed by atoms with van der Waals surface area (Å²) in [7, 11) is 0. The van der Waals surface area contributed by atoms with Gasteiger partial charge in [0.2, 0.25) is 0 Å². The van der Waals surface area contributed by atoms with E-state index in [0.717, 1.165) is 0 Å². The summed E-state index contributed by atoms with van der Waals surface area (Å²) in [5.74, 6) is -0.797. The Hall–Kier alpha value is -2.68. The zero-order chi connectivity index (χ0) is 14.7. The van der Waals surface area contributed by atoms with Gasteiger partial charge in [-0.2, -0.15) is 0 Å². The number of para-hydroxylation sites is 3. The molecule has 3 aromatic carbocycles. The van der Waals surface area contributed by atoms with Crippen molar-refractivity contribution in [1.29, 1.82) is 0 Å². The highest BCUT2D eigenvalue weighted by Crippen LogP contribution is 2.36. The minimum atomic E-state index is -0.399. The first-order valence-corrected chi connectivity index (χ1v) is 6.61. The van der Waals surface area contributed by atoms with Crippen LogP contribution in [-0.4, -0.2) is 0 Å². The number of rotatable bonds is 3. The van der Waals surface area contributed by atoms with Gasteiger partial charge in [-0.1, -0.05) is 42.5 Å². The van der Waals surface area contributed by atoms with Crippen molar-refractivity contribution in [2.45, 2.75) is 0 Å². The smallest absolute Gasteiger partial charge is 0.147 e. The second-order valence-corrected chi connectivity index (χ2v) is 4.57. The van der Waals surface area contributed by atoms with E-state index in [2.05, 4.69) is 0 Å². The molecule has 104 valence electrons. The number of anilines is 3. The van der Waals surface area contributed by atoms with Gasteiger partial charge in [0.15, 0.2) is 0 Å². The monoisotopic (exact) mass is 281 g/mol. The van der Waals surface area contributed by atoms with Crippen LogP contribution in [0.15, 0.2) is 78.9 Å². The Labute approximate surface area is 122 Å². The first-order valence-electron chi connectivity index (χ1n) is 6.61. The van der Waals surface area contributed by atoms with Crippen LogP contribution < -0.4 is 4.90 Å². The second kappa shape index (κ2) is 5.75. The number of halogens is 2. The van der Waals surface area contributed by atoms with Gasteiger partial charge in [-0.3, -0.25) is 0 Å². The molecule has 0 spiro atoms. The van der Waals surface area contributed by atoms with Gasteiger partial charge in [0.05, 0.1) is 11.4 Å². The Balaban J connectivity index is 2.22. The van der Waals surface area contributed by atoms with Crippen molar-refractivity contribution in [3.05, 3.63) is 90.5 Å². The molecular formula is C18H13F2N. The molecule has 0 atom stereocenters. The van der Waals surface area contributed by atoms with Crippen LogP contribution in [0.2, 0.25) is 0 Å². The lowest BCUT2D eigenvalue weighted by molar-refractivity contribution is 0.619. The topological polar surface area (TPSA) is 3.24 Å². The normalized spacial score (nSPS) is 10.4. The third-order valence-electron chi connectivity index (χ3n) is 3.20. The van der Waals surface area contributed by atoms with E-state index in [1.807, 2.05) is 30.3 Å². The van der Waals surface area contributed by atoms with Gasteiger partial charge in [0.25, 0.3) is 0 Å². The van der Waals surface area contributed by atoms with Crippen LogP contribution in [-0.2, 0) is 0 Å². The molecule has 0 N–H and O–H groups in total. The highest BCUT2D eigenvalue weighted by molar-refractivity contribution is 5.76. The van der Waals surface area contributed by atoms with E-state index < -0.39 is 11.6 Å². The highest BCUT2D eigenvalue weighted by atomic mass is 19.1. The average molecular weight is 281 g/mol. The molecule has 0 aliphatic heterocycles. The minimum Gasteiger partial charge on any atom is -0.305 e. The summed E-state index contributed by atoms with van der Waals surface area (Å²) in [6.07, 6.45) is 0. The van der Waals surface area contributed by atoms with Crippen LogP contribution >= 0.6 is 0 Å². The Morgan fingerprint density at radius 2 is 0.952 bits per heavy atom. The van der Waals surface area contributed by atoms with Crippen molar-refractivity contribution in [2.24, 2.45) is 0 Å². The maximum Gasteiger partial charge on any atom is 0.147 e. The number of hydrogen-bond donors (Lipinski definition) is 0. The van der Waals surface area contributed by atoms with Crippen LogP contribution in [0.1, 0.15) is 0 Å². The molecule has 1 nitrogen and oxygen atoms in total. The summed E-state index contributed by atoms with van der Waals surface area (Å²) < 4.78 is 28.4. The lowest BCUT2D eigenvalue weighted by atomic mass is 10.2. The summed E-state index contributed by atoms with van der Waals surface area (Å²) in [5, 5.41) is 0.